The largest absolute Gasteiger partial charge is 0.353 e. The zero-order chi connectivity index (χ0) is 18.4. The maximum atomic E-state index is 13.2. The van der Waals surface area contributed by atoms with Gasteiger partial charge in [-0.1, -0.05) is 0 Å². The summed E-state index contributed by atoms with van der Waals surface area (Å²) in [4.78, 5) is 21.7. The van der Waals surface area contributed by atoms with E-state index in [0.717, 1.165) is 37.4 Å². The number of imidazole rings is 1. The van der Waals surface area contributed by atoms with Crippen LogP contribution in [0.25, 0.3) is 5.65 Å². The molecule has 9 heteroatoms. The molecule has 140 valence electrons. The molecular formula is C18H19F2N7. The van der Waals surface area contributed by atoms with Crippen molar-refractivity contribution < 1.29 is 8.78 Å². The van der Waals surface area contributed by atoms with Gasteiger partial charge in [0.15, 0.2) is 11.5 Å². The van der Waals surface area contributed by atoms with Gasteiger partial charge in [-0.3, -0.25) is 0 Å². The van der Waals surface area contributed by atoms with Crippen LogP contribution in [0.2, 0.25) is 0 Å². The summed E-state index contributed by atoms with van der Waals surface area (Å²) in [7, 11) is 0. The minimum Gasteiger partial charge on any atom is -0.353 e. The van der Waals surface area contributed by atoms with E-state index in [1.807, 2.05) is 16.8 Å². The number of anilines is 2. The molecular weight excluding hydrogens is 352 g/mol. The van der Waals surface area contributed by atoms with Crippen molar-refractivity contribution in [3.63, 3.8) is 0 Å². The SMILES string of the molecule is FC(F)c1cc(N2CCN(c3nccn4ccnc34)CC2)nc(C2CC2)n1. The van der Waals surface area contributed by atoms with Crippen LogP contribution in [0.15, 0.2) is 30.9 Å². The number of hydrogen-bond donors (Lipinski definition) is 0. The molecule has 0 aromatic carbocycles. The Kier molecular flexibility index (Phi) is 3.87. The number of aromatic nitrogens is 5. The monoisotopic (exact) mass is 371 g/mol. The molecule has 0 radical (unpaired) electrons. The van der Waals surface area contributed by atoms with Crippen LogP contribution >= 0.6 is 0 Å². The van der Waals surface area contributed by atoms with Crippen LogP contribution in [0.3, 0.4) is 0 Å². The van der Waals surface area contributed by atoms with E-state index in [2.05, 4.69) is 29.7 Å². The highest BCUT2D eigenvalue weighted by atomic mass is 19.3. The molecule has 27 heavy (non-hydrogen) atoms. The molecule has 0 bridgehead atoms. The molecule has 7 nitrogen and oxygen atoms in total. The third kappa shape index (κ3) is 3.07. The van der Waals surface area contributed by atoms with Gasteiger partial charge in [-0.15, -0.1) is 0 Å². The number of alkyl halides is 2. The highest BCUT2D eigenvalue weighted by molar-refractivity contribution is 5.64. The van der Waals surface area contributed by atoms with Crippen LogP contribution in [0.1, 0.15) is 36.7 Å². The van der Waals surface area contributed by atoms with Crippen LogP contribution < -0.4 is 9.80 Å². The zero-order valence-electron chi connectivity index (χ0n) is 14.7. The Bertz CT molecular complexity index is 941. The summed E-state index contributed by atoms with van der Waals surface area (Å²) in [6.45, 7) is 2.83. The van der Waals surface area contributed by atoms with Gasteiger partial charge in [-0.25, -0.2) is 28.7 Å². The lowest BCUT2D eigenvalue weighted by Crippen LogP contribution is -2.47. The lowest BCUT2D eigenvalue weighted by atomic mass is 10.2. The predicted octanol–water partition coefficient (Wildman–Crippen LogP) is 2.66. The van der Waals surface area contributed by atoms with Gasteiger partial charge < -0.3 is 14.2 Å². The fourth-order valence-corrected chi connectivity index (χ4v) is 3.48. The third-order valence-electron chi connectivity index (χ3n) is 5.11. The predicted molar refractivity (Wildman–Crippen MR) is 96.4 cm³/mol. The summed E-state index contributed by atoms with van der Waals surface area (Å²) in [5.41, 5.74) is 0.650. The summed E-state index contributed by atoms with van der Waals surface area (Å²) in [6, 6.07) is 1.43. The Labute approximate surface area is 154 Å². The first-order valence-corrected chi connectivity index (χ1v) is 9.13. The van der Waals surface area contributed by atoms with E-state index in [0.29, 0.717) is 24.7 Å². The van der Waals surface area contributed by atoms with Crippen LogP contribution in [0.4, 0.5) is 20.4 Å². The van der Waals surface area contributed by atoms with Gasteiger partial charge in [-0.05, 0) is 12.8 Å². The average Bonchev–Trinajstić information content (AvgIpc) is 3.44. The number of fused-ring (bicyclic) bond motifs is 1. The average molecular weight is 371 g/mol. The smallest absolute Gasteiger partial charge is 0.280 e. The standard InChI is InChI=1S/C18H19F2N7/c19-15(20)13-11-14(24-16(23-13)12-1-2-12)25-7-9-27(10-8-25)18-17-21-3-5-26(17)6-4-22-18/h3-6,11-12,15H,1-2,7-10H2. The van der Waals surface area contributed by atoms with Crippen molar-refractivity contribution in [2.45, 2.75) is 25.2 Å². The molecule has 1 saturated heterocycles. The normalized spacial score (nSPS) is 17.9. The Morgan fingerprint density at radius 3 is 2.33 bits per heavy atom. The molecule has 2 fully saturated rings. The molecule has 0 N–H and O–H groups in total. The maximum absolute atomic E-state index is 13.2. The van der Waals surface area contributed by atoms with E-state index in [4.69, 9.17) is 0 Å². The Hall–Kier alpha value is -2.84. The zero-order valence-corrected chi connectivity index (χ0v) is 14.7. The van der Waals surface area contributed by atoms with Crippen molar-refractivity contribution in [3.05, 3.63) is 42.4 Å². The summed E-state index contributed by atoms with van der Waals surface area (Å²) in [5.74, 6) is 2.26. The first-order chi connectivity index (χ1) is 13.2. The van der Waals surface area contributed by atoms with Gasteiger partial charge in [0.05, 0.1) is 0 Å². The highest BCUT2D eigenvalue weighted by Gasteiger charge is 2.30. The van der Waals surface area contributed by atoms with Gasteiger partial charge in [0.25, 0.3) is 6.43 Å². The molecule has 0 amide bonds. The number of hydrogen-bond acceptors (Lipinski definition) is 6. The number of piperazine rings is 1. The minimum atomic E-state index is -2.58. The summed E-state index contributed by atoms with van der Waals surface area (Å²) in [6.07, 6.45) is 6.67. The van der Waals surface area contributed by atoms with Crippen molar-refractivity contribution >= 4 is 17.3 Å². The molecule has 1 saturated carbocycles. The van der Waals surface area contributed by atoms with Gasteiger partial charge in [0, 0.05) is 63.0 Å². The first-order valence-electron chi connectivity index (χ1n) is 9.13. The molecule has 4 heterocycles. The van der Waals surface area contributed by atoms with E-state index < -0.39 is 6.43 Å². The Morgan fingerprint density at radius 2 is 1.63 bits per heavy atom. The molecule has 0 spiro atoms. The second kappa shape index (κ2) is 6.40. The maximum Gasteiger partial charge on any atom is 0.280 e. The second-order valence-corrected chi connectivity index (χ2v) is 6.97. The molecule has 0 atom stereocenters. The molecule has 2 aliphatic rings. The van der Waals surface area contributed by atoms with Crippen LogP contribution in [0.5, 0.6) is 0 Å². The van der Waals surface area contributed by atoms with Crippen molar-refractivity contribution in [2.75, 3.05) is 36.0 Å². The summed E-state index contributed by atoms with van der Waals surface area (Å²) in [5, 5.41) is 0. The summed E-state index contributed by atoms with van der Waals surface area (Å²) >= 11 is 0. The number of halogens is 2. The van der Waals surface area contributed by atoms with Crippen molar-refractivity contribution in [3.8, 4) is 0 Å². The fourth-order valence-electron chi connectivity index (χ4n) is 3.48. The van der Waals surface area contributed by atoms with Gasteiger partial charge in [0.1, 0.15) is 17.3 Å². The van der Waals surface area contributed by atoms with Crippen molar-refractivity contribution in [1.29, 1.82) is 0 Å². The Morgan fingerprint density at radius 1 is 0.926 bits per heavy atom. The third-order valence-corrected chi connectivity index (χ3v) is 5.11. The molecule has 5 rings (SSSR count). The van der Waals surface area contributed by atoms with E-state index in [1.165, 1.54) is 6.07 Å². The van der Waals surface area contributed by atoms with E-state index in [9.17, 15) is 8.78 Å². The quantitative estimate of drug-likeness (QED) is 0.703. The van der Waals surface area contributed by atoms with Gasteiger partial charge in [-0.2, -0.15) is 0 Å². The summed E-state index contributed by atoms with van der Waals surface area (Å²) < 4.78 is 28.4. The number of rotatable bonds is 4. The molecule has 3 aromatic heterocycles. The second-order valence-electron chi connectivity index (χ2n) is 6.97. The fraction of sp³-hybridized carbons (Fsp3) is 0.444. The van der Waals surface area contributed by atoms with Crippen LogP contribution in [0, 0.1) is 0 Å². The van der Waals surface area contributed by atoms with E-state index in [-0.39, 0.29) is 11.6 Å². The van der Waals surface area contributed by atoms with Crippen molar-refractivity contribution in [1.82, 2.24) is 24.3 Å². The minimum absolute atomic E-state index is 0.173. The highest BCUT2D eigenvalue weighted by Crippen LogP contribution is 2.39. The molecule has 3 aromatic rings. The van der Waals surface area contributed by atoms with E-state index in [1.54, 1.807) is 12.4 Å². The van der Waals surface area contributed by atoms with E-state index >= 15 is 0 Å². The molecule has 1 aliphatic carbocycles. The van der Waals surface area contributed by atoms with Crippen LogP contribution in [-0.4, -0.2) is 50.5 Å². The van der Waals surface area contributed by atoms with Crippen molar-refractivity contribution in [2.24, 2.45) is 0 Å². The van der Waals surface area contributed by atoms with Gasteiger partial charge >= 0.3 is 0 Å². The van der Waals surface area contributed by atoms with Crippen LogP contribution in [-0.2, 0) is 0 Å². The number of nitrogens with zero attached hydrogens (tertiary/aromatic N) is 7. The Balaban J connectivity index is 1.37. The molecule has 0 unspecified atom stereocenters. The topological polar surface area (TPSA) is 62.5 Å². The lowest BCUT2D eigenvalue weighted by molar-refractivity contribution is 0.145. The molecule has 1 aliphatic heterocycles. The van der Waals surface area contributed by atoms with Gasteiger partial charge in [0.2, 0.25) is 0 Å². The lowest BCUT2D eigenvalue weighted by Gasteiger charge is -2.36. The first kappa shape index (κ1) is 16.3.